The number of hydrogen-bond donors (Lipinski definition) is 0. The Hall–Kier alpha value is -2.66. The number of halogens is 1. The SMILES string of the molecule is CCOC(=O)CCN(Cc1ccccn1)C(=O)/C=C/c1ccc(Cl)cc1. The van der Waals surface area contributed by atoms with Crippen molar-refractivity contribution in [1.29, 1.82) is 0 Å². The van der Waals surface area contributed by atoms with E-state index >= 15 is 0 Å². The minimum Gasteiger partial charge on any atom is -0.466 e. The lowest BCUT2D eigenvalue weighted by Crippen LogP contribution is -2.31. The van der Waals surface area contributed by atoms with Gasteiger partial charge in [-0.1, -0.05) is 29.8 Å². The largest absolute Gasteiger partial charge is 0.466 e. The molecular formula is C20H21ClN2O3. The molecule has 1 heterocycles. The van der Waals surface area contributed by atoms with Gasteiger partial charge in [-0.05, 0) is 42.8 Å². The Balaban J connectivity index is 2.06. The molecule has 0 N–H and O–H groups in total. The Labute approximate surface area is 158 Å². The van der Waals surface area contributed by atoms with Gasteiger partial charge in [-0.3, -0.25) is 14.6 Å². The number of aromatic nitrogens is 1. The smallest absolute Gasteiger partial charge is 0.307 e. The molecule has 0 radical (unpaired) electrons. The van der Waals surface area contributed by atoms with Crippen LogP contribution >= 0.6 is 11.6 Å². The van der Waals surface area contributed by atoms with Crippen molar-refractivity contribution in [3.63, 3.8) is 0 Å². The van der Waals surface area contributed by atoms with E-state index in [4.69, 9.17) is 16.3 Å². The van der Waals surface area contributed by atoms with Gasteiger partial charge >= 0.3 is 5.97 Å². The zero-order chi connectivity index (χ0) is 18.8. The van der Waals surface area contributed by atoms with Gasteiger partial charge in [0, 0.05) is 23.8 Å². The van der Waals surface area contributed by atoms with Crippen LogP contribution < -0.4 is 0 Å². The number of ether oxygens (including phenoxy) is 1. The van der Waals surface area contributed by atoms with Crippen molar-refractivity contribution >= 4 is 29.6 Å². The number of carbonyl (C=O) groups is 2. The molecule has 1 amide bonds. The van der Waals surface area contributed by atoms with Crippen LogP contribution in [-0.4, -0.2) is 34.9 Å². The molecule has 6 heteroatoms. The van der Waals surface area contributed by atoms with Crippen LogP contribution in [0, 0.1) is 0 Å². The predicted molar refractivity (Wildman–Crippen MR) is 101 cm³/mol. The van der Waals surface area contributed by atoms with Crippen LogP contribution in [-0.2, 0) is 20.9 Å². The summed E-state index contributed by atoms with van der Waals surface area (Å²) >= 11 is 5.86. The van der Waals surface area contributed by atoms with Gasteiger partial charge in [0.05, 0.1) is 25.3 Å². The molecule has 26 heavy (non-hydrogen) atoms. The molecule has 136 valence electrons. The fraction of sp³-hybridized carbons (Fsp3) is 0.250. The number of amides is 1. The van der Waals surface area contributed by atoms with E-state index < -0.39 is 0 Å². The van der Waals surface area contributed by atoms with Crippen molar-refractivity contribution in [2.75, 3.05) is 13.2 Å². The zero-order valence-corrected chi connectivity index (χ0v) is 15.4. The molecule has 0 aliphatic heterocycles. The number of rotatable bonds is 8. The third kappa shape index (κ3) is 6.69. The summed E-state index contributed by atoms with van der Waals surface area (Å²) < 4.78 is 4.94. The molecule has 1 aromatic carbocycles. The maximum Gasteiger partial charge on any atom is 0.307 e. The van der Waals surface area contributed by atoms with Crippen molar-refractivity contribution in [1.82, 2.24) is 9.88 Å². The lowest BCUT2D eigenvalue weighted by atomic mass is 10.2. The van der Waals surface area contributed by atoms with E-state index in [1.807, 2.05) is 30.3 Å². The molecule has 0 aliphatic rings. The second kappa shape index (κ2) is 10.4. The molecular weight excluding hydrogens is 352 g/mol. The number of benzene rings is 1. The molecule has 2 rings (SSSR count). The molecule has 1 aromatic heterocycles. The highest BCUT2D eigenvalue weighted by Gasteiger charge is 2.14. The molecule has 0 saturated heterocycles. The molecule has 0 aliphatic carbocycles. The van der Waals surface area contributed by atoms with E-state index in [0.29, 0.717) is 18.2 Å². The van der Waals surface area contributed by atoms with Crippen LogP contribution in [0.4, 0.5) is 0 Å². The fourth-order valence-electron chi connectivity index (χ4n) is 2.26. The molecule has 0 unspecified atom stereocenters. The summed E-state index contributed by atoms with van der Waals surface area (Å²) in [5, 5.41) is 0.639. The summed E-state index contributed by atoms with van der Waals surface area (Å²) in [7, 11) is 0. The first-order valence-corrected chi connectivity index (χ1v) is 8.74. The summed E-state index contributed by atoms with van der Waals surface area (Å²) in [4.78, 5) is 30.0. The van der Waals surface area contributed by atoms with E-state index in [2.05, 4.69) is 4.98 Å². The van der Waals surface area contributed by atoms with Crippen molar-refractivity contribution in [2.45, 2.75) is 19.9 Å². The summed E-state index contributed by atoms with van der Waals surface area (Å²) in [5.74, 6) is -0.525. The Morgan fingerprint density at radius 3 is 2.62 bits per heavy atom. The van der Waals surface area contributed by atoms with E-state index in [1.54, 1.807) is 36.2 Å². The molecule has 0 spiro atoms. The van der Waals surface area contributed by atoms with Crippen LogP contribution in [0.5, 0.6) is 0 Å². The van der Waals surface area contributed by atoms with Gasteiger partial charge in [-0.25, -0.2) is 0 Å². The second-order valence-electron chi connectivity index (χ2n) is 5.52. The van der Waals surface area contributed by atoms with Crippen LogP contribution in [0.1, 0.15) is 24.6 Å². The standard InChI is InChI=1S/C20H21ClN2O3/c1-2-26-20(25)12-14-23(15-18-5-3-4-13-22-18)19(24)11-8-16-6-9-17(21)10-7-16/h3-11,13H,2,12,14-15H2,1H3/b11-8+. The maximum atomic E-state index is 12.6. The Kier molecular flexibility index (Phi) is 7.83. The van der Waals surface area contributed by atoms with Gasteiger partial charge in [0.2, 0.25) is 5.91 Å². The van der Waals surface area contributed by atoms with E-state index in [1.165, 1.54) is 6.08 Å². The Morgan fingerprint density at radius 2 is 1.96 bits per heavy atom. The van der Waals surface area contributed by atoms with E-state index in [-0.39, 0.29) is 24.8 Å². The van der Waals surface area contributed by atoms with Gasteiger partial charge in [0.25, 0.3) is 0 Å². The number of pyridine rings is 1. The summed E-state index contributed by atoms with van der Waals surface area (Å²) in [6.07, 6.45) is 5.01. The summed E-state index contributed by atoms with van der Waals surface area (Å²) in [5.41, 5.74) is 1.62. The minimum absolute atomic E-state index is 0.140. The number of esters is 1. The Morgan fingerprint density at radius 1 is 1.19 bits per heavy atom. The van der Waals surface area contributed by atoms with Gasteiger partial charge in [-0.2, -0.15) is 0 Å². The molecule has 0 fully saturated rings. The van der Waals surface area contributed by atoms with Gasteiger partial charge in [0.15, 0.2) is 0 Å². The average Bonchev–Trinajstić information content (AvgIpc) is 2.65. The number of hydrogen-bond acceptors (Lipinski definition) is 4. The van der Waals surface area contributed by atoms with Gasteiger partial charge in [-0.15, -0.1) is 0 Å². The highest BCUT2D eigenvalue weighted by molar-refractivity contribution is 6.30. The van der Waals surface area contributed by atoms with Crippen LogP contribution in [0.15, 0.2) is 54.7 Å². The van der Waals surface area contributed by atoms with Crippen LogP contribution in [0.25, 0.3) is 6.08 Å². The number of nitrogens with zero attached hydrogens (tertiary/aromatic N) is 2. The highest BCUT2D eigenvalue weighted by atomic mass is 35.5. The lowest BCUT2D eigenvalue weighted by molar-refractivity contribution is -0.143. The third-order valence-corrected chi connectivity index (χ3v) is 3.82. The normalized spacial score (nSPS) is 10.7. The maximum absolute atomic E-state index is 12.6. The molecule has 0 saturated carbocycles. The first kappa shape index (κ1) is 19.7. The average molecular weight is 373 g/mol. The quantitative estimate of drug-likeness (QED) is 0.523. The first-order valence-electron chi connectivity index (χ1n) is 8.36. The van der Waals surface area contributed by atoms with E-state index in [0.717, 1.165) is 11.3 Å². The van der Waals surface area contributed by atoms with Crippen molar-refractivity contribution in [3.05, 3.63) is 71.0 Å². The monoisotopic (exact) mass is 372 g/mol. The van der Waals surface area contributed by atoms with Crippen molar-refractivity contribution in [2.24, 2.45) is 0 Å². The van der Waals surface area contributed by atoms with E-state index in [9.17, 15) is 9.59 Å². The minimum atomic E-state index is -0.326. The van der Waals surface area contributed by atoms with Gasteiger partial charge < -0.3 is 9.64 Å². The predicted octanol–water partition coefficient (Wildman–Crippen LogP) is 3.73. The molecule has 5 nitrogen and oxygen atoms in total. The van der Waals surface area contributed by atoms with Crippen LogP contribution in [0.3, 0.4) is 0 Å². The first-order chi connectivity index (χ1) is 12.6. The lowest BCUT2D eigenvalue weighted by Gasteiger charge is -2.20. The second-order valence-corrected chi connectivity index (χ2v) is 5.96. The summed E-state index contributed by atoms with van der Waals surface area (Å²) in [6, 6.07) is 12.7. The molecule has 0 bridgehead atoms. The number of carbonyl (C=O) groups excluding carboxylic acids is 2. The molecule has 2 aromatic rings. The third-order valence-electron chi connectivity index (χ3n) is 3.57. The highest BCUT2D eigenvalue weighted by Crippen LogP contribution is 2.11. The molecule has 0 atom stereocenters. The zero-order valence-electron chi connectivity index (χ0n) is 14.6. The Bertz CT molecular complexity index is 745. The topological polar surface area (TPSA) is 59.5 Å². The van der Waals surface area contributed by atoms with Crippen molar-refractivity contribution < 1.29 is 14.3 Å². The van der Waals surface area contributed by atoms with Crippen molar-refractivity contribution in [3.8, 4) is 0 Å². The van der Waals surface area contributed by atoms with Gasteiger partial charge in [0.1, 0.15) is 0 Å². The van der Waals surface area contributed by atoms with Crippen LogP contribution in [0.2, 0.25) is 5.02 Å². The fourth-order valence-corrected chi connectivity index (χ4v) is 2.39. The summed E-state index contributed by atoms with van der Waals surface area (Å²) in [6.45, 7) is 2.66.